The van der Waals surface area contributed by atoms with Crippen LogP contribution in [0.2, 0.25) is 10.0 Å². The maximum absolute atomic E-state index is 9.56. The van der Waals surface area contributed by atoms with Gasteiger partial charge in [-0.25, -0.2) is 0 Å². The zero-order valence-corrected chi connectivity index (χ0v) is 10.5. The largest absolute Gasteiger partial charge is 0.505 e. The second-order valence-corrected chi connectivity index (χ2v) is 4.30. The molecule has 2 nitrogen and oxygen atoms in total. The molecule has 0 amide bonds. The normalized spacial score (nSPS) is 19.3. The van der Waals surface area contributed by atoms with E-state index in [-0.39, 0.29) is 24.2 Å². The van der Waals surface area contributed by atoms with Crippen molar-refractivity contribution in [2.75, 3.05) is 6.54 Å². The van der Waals surface area contributed by atoms with Gasteiger partial charge in [0.15, 0.2) is 5.75 Å². The van der Waals surface area contributed by atoms with Crippen LogP contribution in [0.4, 0.5) is 0 Å². The molecule has 1 unspecified atom stereocenters. The van der Waals surface area contributed by atoms with Crippen molar-refractivity contribution in [1.82, 2.24) is 5.32 Å². The third-order valence-electron chi connectivity index (χ3n) is 2.62. The van der Waals surface area contributed by atoms with Crippen molar-refractivity contribution in [3.63, 3.8) is 0 Å². The Hall–Kier alpha value is -0.150. The summed E-state index contributed by atoms with van der Waals surface area (Å²) in [4.78, 5) is 0. The summed E-state index contributed by atoms with van der Waals surface area (Å²) in [7, 11) is 0. The first-order valence-corrected chi connectivity index (χ1v) is 5.30. The molecule has 1 heterocycles. The van der Waals surface area contributed by atoms with E-state index >= 15 is 0 Å². The molecule has 15 heavy (non-hydrogen) atoms. The molecule has 1 aromatic carbocycles. The monoisotopic (exact) mass is 267 g/mol. The van der Waals surface area contributed by atoms with Crippen LogP contribution in [0.1, 0.15) is 24.1 Å². The van der Waals surface area contributed by atoms with Gasteiger partial charge in [-0.2, -0.15) is 0 Å². The number of hydrogen-bond acceptors (Lipinski definition) is 2. The highest BCUT2D eigenvalue weighted by molar-refractivity contribution is 6.37. The van der Waals surface area contributed by atoms with E-state index in [1.807, 2.05) is 0 Å². The van der Waals surface area contributed by atoms with Gasteiger partial charge in [-0.1, -0.05) is 23.2 Å². The second kappa shape index (κ2) is 4.79. The lowest BCUT2D eigenvalue weighted by atomic mass is 9.95. The van der Waals surface area contributed by atoms with Crippen molar-refractivity contribution in [3.8, 4) is 5.75 Å². The molecular formula is C10H12Cl3NO. The van der Waals surface area contributed by atoms with Gasteiger partial charge in [-0.15, -0.1) is 12.4 Å². The Morgan fingerprint density at radius 3 is 2.80 bits per heavy atom. The zero-order valence-electron chi connectivity index (χ0n) is 8.18. The van der Waals surface area contributed by atoms with Crippen molar-refractivity contribution >= 4 is 35.6 Å². The lowest BCUT2D eigenvalue weighted by molar-refractivity contribution is 0.471. The van der Waals surface area contributed by atoms with Crippen LogP contribution in [0, 0.1) is 0 Å². The van der Waals surface area contributed by atoms with Crippen LogP contribution in [-0.4, -0.2) is 11.7 Å². The van der Waals surface area contributed by atoms with Gasteiger partial charge < -0.3 is 10.4 Å². The SMILES string of the molecule is CC1NCCc2c1cc(Cl)c(O)c2Cl.Cl. The number of benzene rings is 1. The summed E-state index contributed by atoms with van der Waals surface area (Å²) >= 11 is 11.9. The quantitative estimate of drug-likeness (QED) is 0.756. The number of phenols is 1. The van der Waals surface area contributed by atoms with Crippen LogP contribution < -0.4 is 5.32 Å². The minimum Gasteiger partial charge on any atom is -0.505 e. The summed E-state index contributed by atoms with van der Waals surface area (Å²) < 4.78 is 0. The number of rotatable bonds is 0. The van der Waals surface area contributed by atoms with E-state index in [2.05, 4.69) is 12.2 Å². The Balaban J connectivity index is 0.00000112. The highest BCUT2D eigenvalue weighted by Crippen LogP contribution is 2.40. The first kappa shape index (κ1) is 12.9. The van der Waals surface area contributed by atoms with Gasteiger partial charge in [0.2, 0.25) is 0 Å². The molecule has 1 aromatic rings. The zero-order chi connectivity index (χ0) is 10.3. The van der Waals surface area contributed by atoms with Crippen LogP contribution in [0.25, 0.3) is 0 Å². The first-order valence-electron chi connectivity index (χ1n) is 4.54. The van der Waals surface area contributed by atoms with Crippen LogP contribution in [0.15, 0.2) is 6.07 Å². The fourth-order valence-electron chi connectivity index (χ4n) is 1.83. The highest BCUT2D eigenvalue weighted by atomic mass is 35.5. The molecule has 1 atom stereocenters. The Morgan fingerprint density at radius 1 is 1.47 bits per heavy atom. The summed E-state index contributed by atoms with van der Waals surface area (Å²) in [5.74, 6) is 0.00110. The van der Waals surface area contributed by atoms with E-state index in [4.69, 9.17) is 23.2 Å². The molecule has 0 bridgehead atoms. The summed E-state index contributed by atoms with van der Waals surface area (Å²) in [6, 6.07) is 2.03. The van der Waals surface area contributed by atoms with Gasteiger partial charge >= 0.3 is 0 Å². The number of phenolic OH excluding ortho intramolecular Hbond substituents is 1. The molecule has 5 heteroatoms. The van der Waals surface area contributed by atoms with E-state index < -0.39 is 0 Å². The van der Waals surface area contributed by atoms with Crippen molar-refractivity contribution in [2.45, 2.75) is 19.4 Å². The summed E-state index contributed by atoms with van der Waals surface area (Å²) in [5.41, 5.74) is 2.10. The van der Waals surface area contributed by atoms with Crippen molar-refractivity contribution in [1.29, 1.82) is 0 Å². The predicted molar refractivity (Wildman–Crippen MR) is 65.5 cm³/mol. The van der Waals surface area contributed by atoms with E-state index in [0.29, 0.717) is 10.0 Å². The van der Waals surface area contributed by atoms with Gasteiger partial charge in [-0.05, 0) is 37.1 Å². The van der Waals surface area contributed by atoms with Gasteiger partial charge in [0.25, 0.3) is 0 Å². The minimum absolute atomic E-state index is 0. The third-order valence-corrected chi connectivity index (χ3v) is 3.32. The van der Waals surface area contributed by atoms with Crippen LogP contribution >= 0.6 is 35.6 Å². The number of fused-ring (bicyclic) bond motifs is 1. The first-order chi connectivity index (χ1) is 6.61. The van der Waals surface area contributed by atoms with E-state index in [9.17, 15) is 5.11 Å². The number of halogens is 3. The van der Waals surface area contributed by atoms with Crippen LogP contribution in [0.5, 0.6) is 5.75 Å². The van der Waals surface area contributed by atoms with Gasteiger partial charge in [0.05, 0.1) is 10.0 Å². The highest BCUT2D eigenvalue weighted by Gasteiger charge is 2.21. The maximum atomic E-state index is 9.56. The van der Waals surface area contributed by atoms with Gasteiger partial charge in [-0.3, -0.25) is 0 Å². The molecule has 0 aliphatic carbocycles. The molecule has 1 aliphatic heterocycles. The number of hydrogen-bond donors (Lipinski definition) is 2. The lowest BCUT2D eigenvalue weighted by Crippen LogP contribution is -2.27. The Morgan fingerprint density at radius 2 is 2.13 bits per heavy atom. The Kier molecular flexibility index (Phi) is 4.13. The molecule has 0 saturated carbocycles. The summed E-state index contributed by atoms with van der Waals surface area (Å²) in [5, 5.41) is 13.6. The molecule has 1 aliphatic rings. The van der Waals surface area contributed by atoms with E-state index in [0.717, 1.165) is 24.1 Å². The predicted octanol–water partition coefficient (Wildman–Crippen LogP) is 3.33. The van der Waals surface area contributed by atoms with Crippen molar-refractivity contribution in [3.05, 3.63) is 27.2 Å². The summed E-state index contributed by atoms with van der Waals surface area (Å²) in [6.45, 7) is 2.94. The number of nitrogens with one attached hydrogen (secondary N) is 1. The standard InChI is InChI=1S/C10H11Cl2NO.ClH/c1-5-7-4-8(11)10(14)9(12)6(7)2-3-13-5;/h4-5,13-14H,2-3H2,1H3;1H. The topological polar surface area (TPSA) is 32.3 Å². The lowest BCUT2D eigenvalue weighted by Gasteiger charge is -2.25. The molecule has 2 N–H and O–H groups in total. The Bertz CT molecular complexity index is 381. The molecule has 84 valence electrons. The third kappa shape index (κ3) is 2.18. The molecule has 0 aromatic heterocycles. The molecule has 0 spiro atoms. The van der Waals surface area contributed by atoms with Crippen LogP contribution in [0.3, 0.4) is 0 Å². The minimum atomic E-state index is 0. The van der Waals surface area contributed by atoms with Crippen molar-refractivity contribution < 1.29 is 5.11 Å². The van der Waals surface area contributed by atoms with Crippen LogP contribution in [-0.2, 0) is 6.42 Å². The number of aromatic hydroxyl groups is 1. The smallest absolute Gasteiger partial charge is 0.153 e. The molecule has 0 radical (unpaired) electrons. The van der Waals surface area contributed by atoms with E-state index in [1.54, 1.807) is 6.07 Å². The fraction of sp³-hybridized carbons (Fsp3) is 0.400. The van der Waals surface area contributed by atoms with Crippen molar-refractivity contribution in [2.24, 2.45) is 0 Å². The molecule has 2 rings (SSSR count). The van der Waals surface area contributed by atoms with Gasteiger partial charge in [0.1, 0.15) is 0 Å². The average Bonchev–Trinajstić information content (AvgIpc) is 2.17. The molecule has 0 fully saturated rings. The average molecular weight is 269 g/mol. The Labute approximate surface area is 105 Å². The second-order valence-electron chi connectivity index (χ2n) is 3.51. The molecule has 0 saturated heterocycles. The summed E-state index contributed by atoms with van der Waals surface area (Å²) in [6.07, 6.45) is 0.837. The maximum Gasteiger partial charge on any atom is 0.153 e. The fourth-order valence-corrected chi connectivity index (χ4v) is 2.40. The van der Waals surface area contributed by atoms with E-state index in [1.165, 1.54) is 0 Å². The molecular weight excluding hydrogens is 256 g/mol. The van der Waals surface area contributed by atoms with Gasteiger partial charge in [0, 0.05) is 6.04 Å².